The van der Waals surface area contributed by atoms with Crippen LogP contribution in [-0.4, -0.2) is 32.9 Å². The third-order valence-corrected chi connectivity index (χ3v) is 5.77. The van der Waals surface area contributed by atoms with Crippen LogP contribution in [0.25, 0.3) is 0 Å². The van der Waals surface area contributed by atoms with Gasteiger partial charge in [0.05, 0.1) is 4.90 Å². The molecule has 0 saturated carbocycles. The second-order valence-electron chi connectivity index (χ2n) is 5.18. The van der Waals surface area contributed by atoms with Gasteiger partial charge in [-0.25, -0.2) is 8.42 Å². The van der Waals surface area contributed by atoms with Crippen molar-refractivity contribution in [1.29, 1.82) is 0 Å². The molecule has 0 unspecified atom stereocenters. The Kier molecular flexibility index (Phi) is 4.28. The van der Waals surface area contributed by atoms with Crippen molar-refractivity contribution in [2.24, 2.45) is 0 Å². The second-order valence-corrected chi connectivity index (χ2v) is 7.08. The van der Waals surface area contributed by atoms with E-state index in [9.17, 15) is 8.42 Å². The average Bonchev–Trinajstić information content (AvgIpc) is 2.88. The molecule has 1 aromatic rings. The van der Waals surface area contributed by atoms with Crippen LogP contribution in [0.15, 0.2) is 17.0 Å². The van der Waals surface area contributed by atoms with Gasteiger partial charge in [-0.05, 0) is 56.5 Å². The predicted molar refractivity (Wildman–Crippen MR) is 76.7 cm³/mol. The summed E-state index contributed by atoms with van der Waals surface area (Å²) in [5.41, 5.74) is 2.92. The Bertz CT molecular complexity index is 561. The minimum atomic E-state index is -3.33. The molecule has 5 heteroatoms. The number of sulfonamides is 1. The molecule has 1 saturated heterocycles. The van der Waals surface area contributed by atoms with Gasteiger partial charge in [0.15, 0.2) is 0 Å². The van der Waals surface area contributed by atoms with Crippen LogP contribution < -0.4 is 5.32 Å². The van der Waals surface area contributed by atoms with Gasteiger partial charge in [-0.15, -0.1) is 0 Å². The van der Waals surface area contributed by atoms with Crippen LogP contribution in [0.4, 0.5) is 0 Å². The van der Waals surface area contributed by atoms with E-state index in [1.807, 2.05) is 27.0 Å². The zero-order valence-electron chi connectivity index (χ0n) is 11.9. The van der Waals surface area contributed by atoms with Crippen molar-refractivity contribution in [2.45, 2.75) is 38.1 Å². The van der Waals surface area contributed by atoms with Crippen molar-refractivity contribution in [3.05, 3.63) is 28.8 Å². The molecular weight excluding hydrogens is 260 g/mol. The summed E-state index contributed by atoms with van der Waals surface area (Å²) in [5, 5.41) is 3.07. The molecule has 1 aliphatic rings. The zero-order chi connectivity index (χ0) is 14.0. The van der Waals surface area contributed by atoms with Crippen molar-refractivity contribution in [3.63, 3.8) is 0 Å². The van der Waals surface area contributed by atoms with Crippen LogP contribution in [-0.2, 0) is 16.6 Å². The first kappa shape index (κ1) is 14.5. The standard InChI is InChI=1S/C14H22N2O2S/c1-11-8-13(10-15-3)9-14(12(11)2)19(17,18)16-6-4-5-7-16/h8-9,15H,4-7,10H2,1-3H3. The summed E-state index contributed by atoms with van der Waals surface area (Å²) in [4.78, 5) is 0.472. The van der Waals surface area contributed by atoms with Crippen LogP contribution in [0, 0.1) is 13.8 Å². The van der Waals surface area contributed by atoms with E-state index in [4.69, 9.17) is 0 Å². The molecule has 0 aliphatic carbocycles. The highest BCUT2D eigenvalue weighted by atomic mass is 32.2. The Balaban J connectivity index is 2.48. The lowest BCUT2D eigenvalue weighted by Gasteiger charge is -2.19. The number of hydrogen-bond acceptors (Lipinski definition) is 3. The maximum atomic E-state index is 12.7. The largest absolute Gasteiger partial charge is 0.316 e. The molecule has 0 spiro atoms. The van der Waals surface area contributed by atoms with Gasteiger partial charge >= 0.3 is 0 Å². The number of aryl methyl sites for hydroxylation is 1. The first-order valence-electron chi connectivity index (χ1n) is 6.71. The fourth-order valence-electron chi connectivity index (χ4n) is 2.54. The van der Waals surface area contributed by atoms with E-state index >= 15 is 0 Å². The van der Waals surface area contributed by atoms with Crippen LogP contribution in [0.3, 0.4) is 0 Å². The second kappa shape index (κ2) is 5.61. The highest BCUT2D eigenvalue weighted by Crippen LogP contribution is 2.26. The molecule has 1 N–H and O–H groups in total. The van der Waals surface area contributed by atoms with E-state index < -0.39 is 10.0 Å². The molecule has 19 heavy (non-hydrogen) atoms. The summed E-state index contributed by atoms with van der Waals surface area (Å²) < 4.78 is 26.9. The van der Waals surface area contributed by atoms with Gasteiger partial charge in [0.1, 0.15) is 0 Å². The quantitative estimate of drug-likeness (QED) is 0.916. The highest BCUT2D eigenvalue weighted by Gasteiger charge is 2.29. The summed E-state index contributed by atoms with van der Waals surface area (Å²) in [6.07, 6.45) is 1.93. The average molecular weight is 282 g/mol. The van der Waals surface area contributed by atoms with E-state index in [0.717, 1.165) is 29.5 Å². The van der Waals surface area contributed by atoms with Gasteiger partial charge in [-0.2, -0.15) is 4.31 Å². The molecule has 0 amide bonds. The van der Waals surface area contributed by atoms with Crippen molar-refractivity contribution in [3.8, 4) is 0 Å². The molecule has 1 heterocycles. The van der Waals surface area contributed by atoms with E-state index in [0.29, 0.717) is 24.5 Å². The Morgan fingerprint density at radius 3 is 2.42 bits per heavy atom. The van der Waals surface area contributed by atoms with E-state index in [2.05, 4.69) is 11.4 Å². The SMILES string of the molecule is CNCc1cc(C)c(C)c(S(=O)(=O)N2CCCC2)c1. The van der Waals surface area contributed by atoms with Gasteiger partial charge < -0.3 is 5.32 Å². The molecule has 1 aliphatic heterocycles. The normalized spacial score (nSPS) is 17.0. The molecule has 2 rings (SSSR count). The molecule has 4 nitrogen and oxygen atoms in total. The summed E-state index contributed by atoms with van der Waals surface area (Å²) in [5.74, 6) is 0. The number of nitrogens with zero attached hydrogens (tertiary/aromatic N) is 1. The summed E-state index contributed by atoms with van der Waals surface area (Å²) in [6.45, 7) is 5.84. The van der Waals surface area contributed by atoms with Gasteiger partial charge in [0.2, 0.25) is 10.0 Å². The van der Waals surface area contributed by atoms with Gasteiger partial charge in [0.25, 0.3) is 0 Å². The number of nitrogens with one attached hydrogen (secondary N) is 1. The molecule has 0 atom stereocenters. The molecule has 0 bridgehead atoms. The Labute approximate surface area is 115 Å². The van der Waals surface area contributed by atoms with E-state index in [-0.39, 0.29) is 0 Å². The third-order valence-electron chi connectivity index (χ3n) is 3.74. The lowest BCUT2D eigenvalue weighted by molar-refractivity contribution is 0.476. The number of rotatable bonds is 4. The number of benzene rings is 1. The van der Waals surface area contributed by atoms with E-state index in [1.54, 1.807) is 4.31 Å². The Hall–Kier alpha value is -0.910. The molecule has 106 valence electrons. The zero-order valence-corrected chi connectivity index (χ0v) is 12.7. The summed E-state index contributed by atoms with van der Waals surface area (Å²) in [7, 11) is -1.46. The van der Waals surface area contributed by atoms with Crippen LogP contribution >= 0.6 is 0 Å². The van der Waals surface area contributed by atoms with Crippen molar-refractivity contribution < 1.29 is 8.42 Å². The third kappa shape index (κ3) is 2.83. The molecular formula is C14H22N2O2S. The topological polar surface area (TPSA) is 49.4 Å². The molecule has 0 radical (unpaired) electrons. The maximum Gasteiger partial charge on any atom is 0.243 e. The minimum Gasteiger partial charge on any atom is -0.316 e. The molecule has 0 aromatic heterocycles. The van der Waals surface area contributed by atoms with Crippen molar-refractivity contribution in [1.82, 2.24) is 9.62 Å². The Morgan fingerprint density at radius 2 is 1.84 bits per heavy atom. The molecule has 1 fully saturated rings. The van der Waals surface area contributed by atoms with Crippen LogP contribution in [0.1, 0.15) is 29.5 Å². The van der Waals surface area contributed by atoms with Crippen molar-refractivity contribution in [2.75, 3.05) is 20.1 Å². The fourth-order valence-corrected chi connectivity index (χ4v) is 4.41. The maximum absolute atomic E-state index is 12.7. The Morgan fingerprint density at radius 1 is 1.21 bits per heavy atom. The number of hydrogen-bond donors (Lipinski definition) is 1. The monoisotopic (exact) mass is 282 g/mol. The molecule has 1 aromatic carbocycles. The minimum absolute atomic E-state index is 0.472. The first-order chi connectivity index (χ1) is 8.96. The van der Waals surface area contributed by atoms with Gasteiger partial charge in [-0.3, -0.25) is 0 Å². The van der Waals surface area contributed by atoms with Crippen molar-refractivity contribution >= 4 is 10.0 Å². The lowest BCUT2D eigenvalue weighted by atomic mass is 10.1. The predicted octanol–water partition coefficient (Wildman–Crippen LogP) is 1.81. The smallest absolute Gasteiger partial charge is 0.243 e. The van der Waals surface area contributed by atoms with E-state index in [1.165, 1.54) is 0 Å². The summed E-state index contributed by atoms with van der Waals surface area (Å²) >= 11 is 0. The first-order valence-corrected chi connectivity index (χ1v) is 8.15. The van der Waals surface area contributed by atoms with Gasteiger partial charge in [0, 0.05) is 19.6 Å². The van der Waals surface area contributed by atoms with Gasteiger partial charge in [-0.1, -0.05) is 6.07 Å². The van der Waals surface area contributed by atoms with Crippen LogP contribution in [0.5, 0.6) is 0 Å². The lowest BCUT2D eigenvalue weighted by Crippen LogP contribution is -2.28. The fraction of sp³-hybridized carbons (Fsp3) is 0.571. The van der Waals surface area contributed by atoms with Crippen LogP contribution in [0.2, 0.25) is 0 Å². The highest BCUT2D eigenvalue weighted by molar-refractivity contribution is 7.89. The summed E-state index contributed by atoms with van der Waals surface area (Å²) in [6, 6.07) is 3.86.